The molecule has 0 amide bonds. The fourth-order valence-corrected chi connectivity index (χ4v) is 3.45. The normalized spacial score (nSPS) is 11.9. The van der Waals surface area contributed by atoms with Crippen LogP contribution in [0.2, 0.25) is 0 Å². The van der Waals surface area contributed by atoms with Crippen LogP contribution in [0, 0.1) is 11.8 Å². The summed E-state index contributed by atoms with van der Waals surface area (Å²) >= 11 is 0. The van der Waals surface area contributed by atoms with E-state index in [1.54, 1.807) is 11.1 Å². The monoisotopic (exact) mass is 331 g/mol. The van der Waals surface area contributed by atoms with E-state index in [9.17, 15) is 0 Å². The molecule has 1 heteroatoms. The first kappa shape index (κ1) is 21.2. The first-order valence-electron chi connectivity index (χ1n) is 10.3. The number of hydrogen-bond acceptors (Lipinski definition) is 1. The number of hydrogen-bond donors (Lipinski definition) is 0. The summed E-state index contributed by atoms with van der Waals surface area (Å²) in [6.07, 6.45) is 7.64. The molecule has 0 heterocycles. The average Bonchev–Trinajstić information content (AvgIpc) is 2.51. The smallest absolute Gasteiger partial charge is 0.0236 e. The molecule has 0 aliphatic heterocycles. The van der Waals surface area contributed by atoms with Gasteiger partial charge >= 0.3 is 0 Å². The fourth-order valence-electron chi connectivity index (χ4n) is 3.45. The largest absolute Gasteiger partial charge is 0.299 e. The predicted octanol–water partition coefficient (Wildman–Crippen LogP) is 6.49. The van der Waals surface area contributed by atoms with Crippen molar-refractivity contribution >= 4 is 0 Å². The van der Waals surface area contributed by atoms with E-state index in [2.05, 4.69) is 64.6 Å². The van der Waals surface area contributed by atoms with Crippen molar-refractivity contribution in [2.24, 2.45) is 11.8 Å². The van der Waals surface area contributed by atoms with Gasteiger partial charge in [0.15, 0.2) is 0 Å². The molecule has 0 aliphatic carbocycles. The van der Waals surface area contributed by atoms with Gasteiger partial charge in [0.25, 0.3) is 0 Å². The van der Waals surface area contributed by atoms with Crippen molar-refractivity contribution in [3.63, 3.8) is 0 Å². The Kier molecular flexibility index (Phi) is 10.3. The molecule has 0 atom stereocenters. The highest BCUT2D eigenvalue weighted by Crippen LogP contribution is 2.20. The zero-order valence-corrected chi connectivity index (χ0v) is 17.2. The standard InChI is InChI=1S/C23H41N/c1-7-9-11-21-13-14-23(22(15-21)12-10-8-2)18-24(16-19(3)4)17-20(5)6/h13-15,19-20H,7-12,16-18H2,1-6H3. The molecule has 0 saturated carbocycles. The van der Waals surface area contributed by atoms with Crippen LogP contribution in [-0.4, -0.2) is 18.0 Å². The van der Waals surface area contributed by atoms with Crippen LogP contribution in [0.5, 0.6) is 0 Å². The van der Waals surface area contributed by atoms with Crippen LogP contribution >= 0.6 is 0 Å². The van der Waals surface area contributed by atoms with E-state index < -0.39 is 0 Å². The van der Waals surface area contributed by atoms with Gasteiger partial charge in [0.05, 0.1) is 0 Å². The molecular formula is C23H41N. The van der Waals surface area contributed by atoms with Crippen LogP contribution in [-0.2, 0) is 19.4 Å². The lowest BCUT2D eigenvalue weighted by Crippen LogP contribution is -2.31. The van der Waals surface area contributed by atoms with E-state index in [-0.39, 0.29) is 0 Å². The van der Waals surface area contributed by atoms with Crippen molar-refractivity contribution in [1.82, 2.24) is 4.90 Å². The van der Waals surface area contributed by atoms with Crippen molar-refractivity contribution in [3.8, 4) is 0 Å². The summed E-state index contributed by atoms with van der Waals surface area (Å²) in [5.41, 5.74) is 4.69. The van der Waals surface area contributed by atoms with Crippen molar-refractivity contribution in [1.29, 1.82) is 0 Å². The highest BCUT2D eigenvalue weighted by molar-refractivity contribution is 5.32. The quantitative estimate of drug-likeness (QED) is 0.423. The van der Waals surface area contributed by atoms with Crippen LogP contribution in [0.1, 0.15) is 83.9 Å². The lowest BCUT2D eigenvalue weighted by Gasteiger charge is -2.27. The molecule has 0 N–H and O–H groups in total. The number of rotatable bonds is 12. The molecular weight excluding hydrogens is 290 g/mol. The molecule has 138 valence electrons. The van der Waals surface area contributed by atoms with Crippen LogP contribution < -0.4 is 0 Å². The Morgan fingerprint density at radius 1 is 0.792 bits per heavy atom. The van der Waals surface area contributed by atoms with Crippen LogP contribution in [0.25, 0.3) is 0 Å². The van der Waals surface area contributed by atoms with Gasteiger partial charge in [0.2, 0.25) is 0 Å². The highest BCUT2D eigenvalue weighted by Gasteiger charge is 2.13. The van der Waals surface area contributed by atoms with Gasteiger partial charge in [-0.1, -0.05) is 72.6 Å². The molecule has 0 bridgehead atoms. The van der Waals surface area contributed by atoms with Crippen molar-refractivity contribution in [3.05, 3.63) is 34.9 Å². The lowest BCUT2D eigenvalue weighted by atomic mass is 9.96. The van der Waals surface area contributed by atoms with Gasteiger partial charge in [0, 0.05) is 19.6 Å². The molecule has 0 aromatic heterocycles. The minimum Gasteiger partial charge on any atom is -0.299 e. The summed E-state index contributed by atoms with van der Waals surface area (Å²) in [5, 5.41) is 0. The Balaban J connectivity index is 2.91. The fraction of sp³-hybridized carbons (Fsp3) is 0.739. The Morgan fingerprint density at radius 3 is 1.92 bits per heavy atom. The Labute approximate surface area is 151 Å². The molecule has 0 unspecified atom stereocenters. The minimum atomic E-state index is 0.728. The molecule has 1 aromatic carbocycles. The van der Waals surface area contributed by atoms with E-state index in [4.69, 9.17) is 0 Å². The Bertz CT molecular complexity index is 437. The first-order valence-corrected chi connectivity index (χ1v) is 10.3. The molecule has 1 nitrogen and oxygen atoms in total. The van der Waals surface area contributed by atoms with Crippen LogP contribution in [0.4, 0.5) is 0 Å². The summed E-state index contributed by atoms with van der Waals surface area (Å²) in [7, 11) is 0. The van der Waals surface area contributed by atoms with Gasteiger partial charge in [-0.3, -0.25) is 4.90 Å². The highest BCUT2D eigenvalue weighted by atomic mass is 15.1. The molecule has 1 aromatic rings. The summed E-state index contributed by atoms with van der Waals surface area (Å²) in [6, 6.07) is 7.30. The maximum Gasteiger partial charge on any atom is 0.0236 e. The maximum atomic E-state index is 2.66. The van der Waals surface area contributed by atoms with Gasteiger partial charge in [-0.15, -0.1) is 0 Å². The maximum absolute atomic E-state index is 2.66. The van der Waals surface area contributed by atoms with Gasteiger partial charge in [0.1, 0.15) is 0 Å². The lowest BCUT2D eigenvalue weighted by molar-refractivity contribution is 0.211. The van der Waals surface area contributed by atoms with Crippen molar-refractivity contribution in [2.75, 3.05) is 13.1 Å². The molecule has 1 rings (SSSR count). The Hall–Kier alpha value is -0.820. The van der Waals surface area contributed by atoms with E-state index in [0.29, 0.717) is 0 Å². The number of nitrogens with zero attached hydrogens (tertiary/aromatic N) is 1. The predicted molar refractivity (Wildman–Crippen MR) is 109 cm³/mol. The van der Waals surface area contributed by atoms with E-state index in [0.717, 1.165) is 18.4 Å². The summed E-state index contributed by atoms with van der Waals surface area (Å²) in [4.78, 5) is 2.66. The first-order chi connectivity index (χ1) is 11.5. The van der Waals surface area contributed by atoms with Crippen LogP contribution in [0.15, 0.2) is 18.2 Å². The second-order valence-corrected chi connectivity index (χ2v) is 8.29. The van der Waals surface area contributed by atoms with Gasteiger partial charge in [-0.2, -0.15) is 0 Å². The van der Waals surface area contributed by atoms with Gasteiger partial charge in [-0.05, 0) is 54.2 Å². The third kappa shape index (κ3) is 8.33. The third-order valence-corrected chi connectivity index (χ3v) is 4.53. The van der Waals surface area contributed by atoms with Crippen molar-refractivity contribution < 1.29 is 0 Å². The van der Waals surface area contributed by atoms with Crippen LogP contribution in [0.3, 0.4) is 0 Å². The van der Waals surface area contributed by atoms with Gasteiger partial charge in [-0.25, -0.2) is 0 Å². The average molecular weight is 332 g/mol. The zero-order chi connectivity index (χ0) is 17.9. The second-order valence-electron chi connectivity index (χ2n) is 8.29. The van der Waals surface area contributed by atoms with E-state index in [1.807, 2.05) is 0 Å². The number of unbranched alkanes of at least 4 members (excludes halogenated alkanes) is 2. The third-order valence-electron chi connectivity index (χ3n) is 4.53. The zero-order valence-electron chi connectivity index (χ0n) is 17.2. The molecule has 24 heavy (non-hydrogen) atoms. The number of benzene rings is 1. The summed E-state index contributed by atoms with van der Waals surface area (Å²) in [5.74, 6) is 1.46. The molecule has 0 radical (unpaired) electrons. The number of aryl methyl sites for hydroxylation is 2. The second kappa shape index (κ2) is 11.7. The molecule has 0 fully saturated rings. The molecule has 0 saturated heterocycles. The SMILES string of the molecule is CCCCc1ccc(CN(CC(C)C)CC(C)C)c(CCCC)c1. The van der Waals surface area contributed by atoms with Crippen molar-refractivity contribution in [2.45, 2.75) is 86.6 Å². The Morgan fingerprint density at radius 2 is 1.38 bits per heavy atom. The van der Waals surface area contributed by atoms with E-state index >= 15 is 0 Å². The minimum absolute atomic E-state index is 0.728. The summed E-state index contributed by atoms with van der Waals surface area (Å²) in [6.45, 7) is 17.4. The van der Waals surface area contributed by atoms with Gasteiger partial charge < -0.3 is 0 Å². The summed E-state index contributed by atoms with van der Waals surface area (Å²) < 4.78 is 0. The molecule has 0 aliphatic rings. The topological polar surface area (TPSA) is 3.24 Å². The van der Waals surface area contributed by atoms with E-state index in [1.165, 1.54) is 57.2 Å². The molecule has 0 spiro atoms.